The number of amides is 2. The predicted octanol–water partition coefficient (Wildman–Crippen LogP) is 3.44. The lowest BCUT2D eigenvalue weighted by Crippen LogP contribution is -2.47. The number of nitrogens with one attached hydrogen (secondary N) is 2. The van der Waals surface area contributed by atoms with Crippen LogP contribution in [0.4, 0.5) is 0 Å². The average molecular weight is 391 g/mol. The standard InChI is InChI=1S/C19H19ClN2O3S/c20-13-6-7-14-12(8-13)9-15(25-14)18(23)21-22-19(24)17-10-11-4-2-1-3-5-16(11)26-17/h6-8,10,15H,1-5,9H2,(H,21,23)(H,22,24). The molecule has 26 heavy (non-hydrogen) atoms. The summed E-state index contributed by atoms with van der Waals surface area (Å²) in [5.41, 5.74) is 7.15. The van der Waals surface area contributed by atoms with E-state index >= 15 is 0 Å². The first kappa shape index (κ1) is 17.4. The molecule has 2 aromatic rings. The molecule has 0 saturated heterocycles. The largest absolute Gasteiger partial charge is 0.480 e. The van der Waals surface area contributed by atoms with Gasteiger partial charge < -0.3 is 4.74 Å². The lowest BCUT2D eigenvalue weighted by molar-refractivity contribution is -0.128. The molecule has 0 radical (unpaired) electrons. The molecule has 7 heteroatoms. The van der Waals surface area contributed by atoms with Crippen molar-refractivity contribution < 1.29 is 14.3 Å². The van der Waals surface area contributed by atoms with Gasteiger partial charge in [0.1, 0.15) is 5.75 Å². The van der Waals surface area contributed by atoms with Gasteiger partial charge in [0.05, 0.1) is 4.88 Å². The highest BCUT2D eigenvalue weighted by atomic mass is 35.5. The Labute approximate surface area is 160 Å². The van der Waals surface area contributed by atoms with E-state index in [-0.39, 0.29) is 11.8 Å². The maximum atomic E-state index is 12.4. The molecule has 1 aliphatic carbocycles. The molecule has 1 aliphatic heterocycles. The van der Waals surface area contributed by atoms with Gasteiger partial charge in [-0.25, -0.2) is 0 Å². The van der Waals surface area contributed by atoms with Gasteiger partial charge in [-0.3, -0.25) is 20.4 Å². The van der Waals surface area contributed by atoms with Gasteiger partial charge in [0.2, 0.25) is 0 Å². The van der Waals surface area contributed by atoms with Crippen LogP contribution in [0.1, 0.15) is 44.9 Å². The highest BCUT2D eigenvalue weighted by molar-refractivity contribution is 7.14. The fraction of sp³-hybridized carbons (Fsp3) is 0.368. The number of benzene rings is 1. The third-order valence-electron chi connectivity index (χ3n) is 4.76. The lowest BCUT2D eigenvalue weighted by atomic mass is 10.1. The monoisotopic (exact) mass is 390 g/mol. The minimum absolute atomic E-state index is 0.282. The third kappa shape index (κ3) is 3.57. The first-order valence-electron chi connectivity index (χ1n) is 8.77. The normalized spacial score (nSPS) is 18.3. The maximum absolute atomic E-state index is 12.4. The number of hydrazine groups is 1. The molecule has 0 bridgehead atoms. The molecule has 1 atom stereocenters. The van der Waals surface area contributed by atoms with Gasteiger partial charge in [0.25, 0.3) is 11.8 Å². The highest BCUT2D eigenvalue weighted by Crippen LogP contribution is 2.31. The van der Waals surface area contributed by atoms with Crippen LogP contribution >= 0.6 is 22.9 Å². The summed E-state index contributed by atoms with van der Waals surface area (Å²) in [6.07, 6.45) is 5.43. The predicted molar refractivity (Wildman–Crippen MR) is 101 cm³/mol. The maximum Gasteiger partial charge on any atom is 0.279 e. The van der Waals surface area contributed by atoms with Crippen molar-refractivity contribution in [2.75, 3.05) is 0 Å². The zero-order valence-corrected chi connectivity index (χ0v) is 15.7. The number of halogens is 1. The van der Waals surface area contributed by atoms with E-state index in [2.05, 4.69) is 10.9 Å². The summed E-state index contributed by atoms with van der Waals surface area (Å²) >= 11 is 7.49. The van der Waals surface area contributed by atoms with Gasteiger partial charge in [0, 0.05) is 16.3 Å². The van der Waals surface area contributed by atoms with Crippen LogP contribution in [0.3, 0.4) is 0 Å². The van der Waals surface area contributed by atoms with Gasteiger partial charge >= 0.3 is 0 Å². The molecule has 0 fully saturated rings. The molecular formula is C19H19ClN2O3S. The average Bonchev–Trinajstić information content (AvgIpc) is 3.17. The van der Waals surface area contributed by atoms with Crippen LogP contribution in [-0.2, 0) is 24.1 Å². The van der Waals surface area contributed by atoms with Crippen molar-refractivity contribution >= 4 is 34.8 Å². The molecule has 2 N–H and O–H groups in total. The molecule has 5 nitrogen and oxygen atoms in total. The van der Waals surface area contributed by atoms with Crippen molar-refractivity contribution in [1.82, 2.24) is 10.9 Å². The van der Waals surface area contributed by atoms with Gasteiger partial charge in [-0.05, 0) is 61.1 Å². The zero-order chi connectivity index (χ0) is 18.1. The number of ether oxygens (including phenoxy) is 1. The van der Waals surface area contributed by atoms with Crippen molar-refractivity contribution in [3.63, 3.8) is 0 Å². The van der Waals surface area contributed by atoms with E-state index in [4.69, 9.17) is 16.3 Å². The van der Waals surface area contributed by atoms with Gasteiger partial charge in [0.15, 0.2) is 6.10 Å². The van der Waals surface area contributed by atoms with Gasteiger partial charge in [-0.1, -0.05) is 18.0 Å². The number of thiophene rings is 1. The summed E-state index contributed by atoms with van der Waals surface area (Å²) in [5, 5.41) is 0.610. The first-order chi connectivity index (χ1) is 12.6. The Balaban J connectivity index is 1.34. The second kappa shape index (κ2) is 7.29. The summed E-state index contributed by atoms with van der Waals surface area (Å²) in [4.78, 5) is 26.6. The van der Waals surface area contributed by atoms with E-state index in [0.29, 0.717) is 22.1 Å². The van der Waals surface area contributed by atoms with Crippen molar-refractivity contribution in [2.24, 2.45) is 0 Å². The van der Waals surface area contributed by atoms with Crippen LogP contribution in [0.2, 0.25) is 5.02 Å². The van der Waals surface area contributed by atoms with Gasteiger partial charge in [-0.15, -0.1) is 11.3 Å². The summed E-state index contributed by atoms with van der Waals surface area (Å²) in [7, 11) is 0. The van der Waals surface area contributed by atoms with E-state index in [1.165, 1.54) is 41.0 Å². The van der Waals surface area contributed by atoms with Gasteiger partial charge in [-0.2, -0.15) is 0 Å². The minimum Gasteiger partial charge on any atom is -0.480 e. The van der Waals surface area contributed by atoms with Crippen molar-refractivity contribution in [2.45, 2.75) is 44.6 Å². The molecule has 1 unspecified atom stereocenters. The van der Waals surface area contributed by atoms with Crippen LogP contribution in [0.15, 0.2) is 24.3 Å². The second-order valence-corrected chi connectivity index (χ2v) is 8.20. The molecule has 1 aromatic heterocycles. The van der Waals surface area contributed by atoms with Crippen molar-refractivity contribution in [1.29, 1.82) is 0 Å². The fourth-order valence-electron chi connectivity index (χ4n) is 3.40. The number of rotatable bonds is 2. The molecule has 136 valence electrons. The summed E-state index contributed by atoms with van der Waals surface area (Å²) in [5.74, 6) is 0.00152. The summed E-state index contributed by atoms with van der Waals surface area (Å²) < 4.78 is 5.62. The van der Waals surface area contributed by atoms with E-state index in [0.717, 1.165) is 18.4 Å². The SMILES string of the molecule is O=C(NNC(=O)C1Cc2cc(Cl)ccc2O1)c1cc2c(s1)CCCCC2. The quantitative estimate of drug-likeness (QED) is 0.609. The molecule has 0 spiro atoms. The van der Waals surface area contributed by atoms with Crippen molar-refractivity contribution in [3.8, 4) is 5.75 Å². The number of hydrogen-bond acceptors (Lipinski definition) is 4. The smallest absolute Gasteiger partial charge is 0.279 e. The molecule has 1 aromatic carbocycles. The van der Waals surface area contributed by atoms with Crippen LogP contribution in [-0.4, -0.2) is 17.9 Å². The summed E-state index contributed by atoms with van der Waals surface area (Å²) in [6.45, 7) is 0. The molecular weight excluding hydrogens is 372 g/mol. The van der Waals surface area contributed by atoms with E-state index in [1.807, 2.05) is 6.07 Å². The second-order valence-electron chi connectivity index (χ2n) is 6.63. The van der Waals surface area contributed by atoms with Crippen LogP contribution < -0.4 is 15.6 Å². The topological polar surface area (TPSA) is 67.4 Å². The van der Waals surface area contributed by atoms with E-state index in [9.17, 15) is 9.59 Å². The summed E-state index contributed by atoms with van der Waals surface area (Å²) in [6, 6.07) is 7.23. The Hall–Kier alpha value is -2.05. The number of carbonyl (C=O) groups excluding carboxylic acids is 2. The first-order valence-corrected chi connectivity index (χ1v) is 9.96. The molecule has 2 aliphatic rings. The Morgan fingerprint density at radius 3 is 2.81 bits per heavy atom. The molecule has 2 amide bonds. The number of aryl methyl sites for hydroxylation is 2. The Bertz CT molecular complexity index is 841. The Morgan fingerprint density at radius 2 is 1.92 bits per heavy atom. The lowest BCUT2D eigenvalue weighted by Gasteiger charge is -2.11. The minimum atomic E-state index is -0.663. The fourth-order valence-corrected chi connectivity index (χ4v) is 4.75. The highest BCUT2D eigenvalue weighted by Gasteiger charge is 2.29. The van der Waals surface area contributed by atoms with Crippen LogP contribution in [0, 0.1) is 0 Å². The van der Waals surface area contributed by atoms with Crippen LogP contribution in [0.25, 0.3) is 0 Å². The number of carbonyl (C=O) groups is 2. The third-order valence-corrected chi connectivity index (χ3v) is 6.23. The molecule has 2 heterocycles. The molecule has 4 rings (SSSR count). The van der Waals surface area contributed by atoms with E-state index in [1.54, 1.807) is 18.2 Å². The number of fused-ring (bicyclic) bond motifs is 2. The van der Waals surface area contributed by atoms with E-state index < -0.39 is 6.10 Å². The Morgan fingerprint density at radius 1 is 1.08 bits per heavy atom. The Kier molecular flexibility index (Phi) is 4.87. The molecule has 0 saturated carbocycles. The number of hydrogen-bond donors (Lipinski definition) is 2. The van der Waals surface area contributed by atoms with Crippen molar-refractivity contribution in [3.05, 3.63) is 50.2 Å². The zero-order valence-electron chi connectivity index (χ0n) is 14.1. The van der Waals surface area contributed by atoms with Crippen LogP contribution in [0.5, 0.6) is 5.75 Å².